The summed E-state index contributed by atoms with van der Waals surface area (Å²) < 4.78 is 0. The number of rotatable bonds is 4. The molecule has 0 spiro atoms. The lowest BCUT2D eigenvalue weighted by Gasteiger charge is -2.02. The van der Waals surface area contributed by atoms with E-state index in [1.807, 2.05) is 6.92 Å². The number of hydroxylamine groups is 1. The van der Waals surface area contributed by atoms with E-state index in [0.29, 0.717) is 12.2 Å². The number of carbonyl (C=O) groups is 2. The van der Waals surface area contributed by atoms with Crippen LogP contribution >= 0.6 is 0 Å². The number of carbonyl (C=O) groups excluding carboxylic acids is 2. The third kappa shape index (κ3) is 3.18. The monoisotopic (exact) mass is 207 g/mol. The van der Waals surface area contributed by atoms with E-state index < -0.39 is 11.7 Å². The summed E-state index contributed by atoms with van der Waals surface area (Å²) in [6, 6.07) is 6.79. The van der Waals surface area contributed by atoms with E-state index in [2.05, 4.69) is 10.3 Å². The summed E-state index contributed by atoms with van der Waals surface area (Å²) in [5.41, 5.74) is 3.45. The quantitative estimate of drug-likeness (QED) is 0.459. The molecule has 1 amide bonds. The molecule has 0 unspecified atom stereocenters. The average Bonchev–Trinajstić information content (AvgIpc) is 2.26. The van der Waals surface area contributed by atoms with Crippen LogP contribution in [-0.2, 0) is 9.63 Å². The van der Waals surface area contributed by atoms with Gasteiger partial charge in [-0.15, -0.1) is 0 Å². The van der Waals surface area contributed by atoms with Crippen molar-refractivity contribution in [3.8, 4) is 0 Å². The Balaban J connectivity index is 2.68. The van der Waals surface area contributed by atoms with Crippen LogP contribution in [0, 0.1) is 6.92 Å². The van der Waals surface area contributed by atoms with Gasteiger partial charge in [0.15, 0.2) is 0 Å². The Kier molecular flexibility index (Phi) is 4.00. The van der Waals surface area contributed by atoms with Crippen LogP contribution < -0.4 is 5.48 Å². The lowest BCUT2D eigenvalue weighted by molar-refractivity contribution is -0.128. The van der Waals surface area contributed by atoms with E-state index in [0.717, 1.165) is 5.56 Å². The molecule has 1 aromatic carbocycles. The molecule has 0 bridgehead atoms. The Morgan fingerprint density at radius 2 is 1.87 bits per heavy atom. The molecule has 1 aromatic rings. The number of amides is 1. The molecule has 15 heavy (non-hydrogen) atoms. The van der Waals surface area contributed by atoms with Crippen molar-refractivity contribution in [1.29, 1.82) is 0 Å². The minimum Gasteiger partial charge on any atom is -0.283 e. The number of nitrogens with one attached hydrogen (secondary N) is 1. The number of aryl methyl sites for hydroxylation is 1. The van der Waals surface area contributed by atoms with Gasteiger partial charge < -0.3 is 0 Å². The molecule has 1 N–H and O–H groups in total. The molecular formula is C11H13NO3. The van der Waals surface area contributed by atoms with Gasteiger partial charge in [0.05, 0.1) is 6.61 Å². The van der Waals surface area contributed by atoms with Gasteiger partial charge in [0.2, 0.25) is 0 Å². The Morgan fingerprint density at radius 1 is 1.27 bits per heavy atom. The maximum atomic E-state index is 11.5. The van der Waals surface area contributed by atoms with Crippen LogP contribution in [0.15, 0.2) is 24.3 Å². The highest BCUT2D eigenvalue weighted by molar-refractivity contribution is 6.42. The number of ketones is 1. The van der Waals surface area contributed by atoms with Gasteiger partial charge in [0.25, 0.3) is 5.78 Å². The summed E-state index contributed by atoms with van der Waals surface area (Å²) in [6.45, 7) is 3.96. The van der Waals surface area contributed by atoms with E-state index in [9.17, 15) is 9.59 Å². The van der Waals surface area contributed by atoms with Gasteiger partial charge in [0, 0.05) is 5.56 Å². The van der Waals surface area contributed by atoms with Gasteiger partial charge in [-0.3, -0.25) is 14.4 Å². The summed E-state index contributed by atoms with van der Waals surface area (Å²) in [5.74, 6) is -1.34. The number of benzene rings is 1. The zero-order valence-corrected chi connectivity index (χ0v) is 8.74. The van der Waals surface area contributed by atoms with Crippen molar-refractivity contribution in [1.82, 2.24) is 5.48 Å². The standard InChI is InChI=1S/C11H13NO3/c1-3-15-12-11(14)10(13)9-6-4-8(2)5-7-9/h4-7H,3H2,1-2H3,(H,12,14). The first kappa shape index (κ1) is 11.4. The Morgan fingerprint density at radius 3 is 2.40 bits per heavy atom. The Labute approximate surface area is 88.2 Å². The fourth-order valence-corrected chi connectivity index (χ4v) is 1.02. The first-order valence-corrected chi connectivity index (χ1v) is 4.68. The molecule has 0 aromatic heterocycles. The first-order valence-electron chi connectivity index (χ1n) is 4.68. The first-order chi connectivity index (χ1) is 7.15. The molecule has 1 rings (SSSR count). The molecule has 80 valence electrons. The second-order valence-electron chi connectivity index (χ2n) is 3.06. The normalized spacial score (nSPS) is 9.73. The molecule has 4 heteroatoms. The minimum atomic E-state index is -0.749. The van der Waals surface area contributed by atoms with Gasteiger partial charge >= 0.3 is 5.91 Å². The molecule has 0 saturated carbocycles. The topological polar surface area (TPSA) is 55.4 Å². The molecule has 0 atom stereocenters. The molecule has 4 nitrogen and oxygen atoms in total. The summed E-state index contributed by atoms with van der Waals surface area (Å²) in [4.78, 5) is 27.3. The van der Waals surface area contributed by atoms with Gasteiger partial charge in [-0.05, 0) is 13.8 Å². The van der Waals surface area contributed by atoms with Crippen LogP contribution in [0.25, 0.3) is 0 Å². The third-order valence-corrected chi connectivity index (χ3v) is 1.83. The van der Waals surface area contributed by atoms with Crippen molar-refractivity contribution in [2.24, 2.45) is 0 Å². The number of hydrogen-bond acceptors (Lipinski definition) is 3. The summed E-state index contributed by atoms with van der Waals surface area (Å²) in [7, 11) is 0. The van der Waals surface area contributed by atoms with Crippen LogP contribution in [0.1, 0.15) is 22.8 Å². The predicted molar refractivity (Wildman–Crippen MR) is 55.3 cm³/mol. The van der Waals surface area contributed by atoms with Gasteiger partial charge in [0.1, 0.15) is 0 Å². The van der Waals surface area contributed by atoms with Crippen molar-refractivity contribution in [3.63, 3.8) is 0 Å². The molecule has 0 aliphatic carbocycles. The summed E-state index contributed by atoms with van der Waals surface area (Å²) >= 11 is 0. The molecule has 0 saturated heterocycles. The summed E-state index contributed by atoms with van der Waals surface area (Å²) in [5, 5.41) is 0. The van der Waals surface area contributed by atoms with E-state index in [1.165, 1.54) is 0 Å². The second-order valence-corrected chi connectivity index (χ2v) is 3.06. The van der Waals surface area contributed by atoms with Crippen LogP contribution in [0.2, 0.25) is 0 Å². The SMILES string of the molecule is CCONC(=O)C(=O)c1ccc(C)cc1. The van der Waals surface area contributed by atoms with E-state index in [1.54, 1.807) is 31.2 Å². The molecule has 0 heterocycles. The molecule has 0 aliphatic heterocycles. The zero-order chi connectivity index (χ0) is 11.3. The fourth-order valence-electron chi connectivity index (χ4n) is 1.02. The lowest BCUT2D eigenvalue weighted by atomic mass is 10.1. The molecule has 0 radical (unpaired) electrons. The third-order valence-electron chi connectivity index (χ3n) is 1.83. The fraction of sp³-hybridized carbons (Fsp3) is 0.273. The smallest absolute Gasteiger partial charge is 0.283 e. The highest BCUT2D eigenvalue weighted by Gasteiger charge is 2.15. The predicted octanol–water partition coefficient (Wildman–Crippen LogP) is 1.25. The van der Waals surface area contributed by atoms with E-state index >= 15 is 0 Å². The second kappa shape index (κ2) is 5.26. The van der Waals surface area contributed by atoms with Crippen molar-refractivity contribution in [3.05, 3.63) is 35.4 Å². The van der Waals surface area contributed by atoms with Crippen LogP contribution in [0.3, 0.4) is 0 Å². The van der Waals surface area contributed by atoms with E-state index in [-0.39, 0.29) is 0 Å². The number of hydrogen-bond donors (Lipinski definition) is 1. The lowest BCUT2D eigenvalue weighted by Crippen LogP contribution is -2.31. The van der Waals surface area contributed by atoms with Crippen LogP contribution in [-0.4, -0.2) is 18.3 Å². The van der Waals surface area contributed by atoms with Crippen molar-refractivity contribution in [2.45, 2.75) is 13.8 Å². The van der Waals surface area contributed by atoms with Gasteiger partial charge in [-0.2, -0.15) is 0 Å². The van der Waals surface area contributed by atoms with Crippen LogP contribution in [0.4, 0.5) is 0 Å². The zero-order valence-electron chi connectivity index (χ0n) is 8.74. The maximum absolute atomic E-state index is 11.5. The Bertz CT molecular complexity index is 357. The van der Waals surface area contributed by atoms with E-state index in [4.69, 9.17) is 0 Å². The molecule has 0 aliphatic rings. The average molecular weight is 207 g/mol. The van der Waals surface area contributed by atoms with Crippen LogP contribution in [0.5, 0.6) is 0 Å². The van der Waals surface area contributed by atoms with Crippen molar-refractivity contribution >= 4 is 11.7 Å². The summed E-state index contributed by atoms with van der Waals surface area (Å²) in [6.07, 6.45) is 0. The highest BCUT2D eigenvalue weighted by atomic mass is 16.6. The van der Waals surface area contributed by atoms with Gasteiger partial charge in [-0.25, -0.2) is 5.48 Å². The maximum Gasteiger partial charge on any atom is 0.315 e. The number of Topliss-reactive ketones (excluding diaryl/α,β-unsaturated/α-hetero) is 1. The van der Waals surface area contributed by atoms with Crippen molar-refractivity contribution in [2.75, 3.05) is 6.61 Å². The van der Waals surface area contributed by atoms with Crippen molar-refractivity contribution < 1.29 is 14.4 Å². The highest BCUT2D eigenvalue weighted by Crippen LogP contribution is 2.03. The largest absolute Gasteiger partial charge is 0.315 e. The Hall–Kier alpha value is -1.68. The van der Waals surface area contributed by atoms with Gasteiger partial charge in [-0.1, -0.05) is 29.8 Å². The molecule has 0 fully saturated rings. The minimum absolute atomic E-state index is 0.326. The molecular weight excluding hydrogens is 194 g/mol.